The van der Waals surface area contributed by atoms with E-state index in [1.54, 1.807) is 61.7 Å². The van der Waals surface area contributed by atoms with E-state index in [4.69, 9.17) is 18.9 Å². The van der Waals surface area contributed by atoms with Crippen LogP contribution in [0.1, 0.15) is 38.3 Å². The predicted octanol–water partition coefficient (Wildman–Crippen LogP) is 5.16. The molecular formula is C26H26O6. The Bertz CT molecular complexity index is 1050. The first-order valence-electron chi connectivity index (χ1n) is 10.3. The van der Waals surface area contributed by atoms with Crippen molar-refractivity contribution in [3.63, 3.8) is 0 Å². The second-order valence-electron chi connectivity index (χ2n) is 7.29. The molecule has 6 nitrogen and oxygen atoms in total. The average molecular weight is 434 g/mol. The largest absolute Gasteiger partial charge is 0.494 e. The van der Waals surface area contributed by atoms with Crippen molar-refractivity contribution >= 4 is 11.9 Å². The van der Waals surface area contributed by atoms with Gasteiger partial charge >= 0.3 is 11.9 Å². The predicted molar refractivity (Wildman–Crippen MR) is 121 cm³/mol. The number of esters is 2. The highest BCUT2D eigenvalue weighted by Gasteiger charge is 2.13. The molecule has 3 aromatic rings. The van der Waals surface area contributed by atoms with E-state index in [0.717, 1.165) is 17.5 Å². The summed E-state index contributed by atoms with van der Waals surface area (Å²) in [5.74, 6) is 0.543. The summed E-state index contributed by atoms with van der Waals surface area (Å²) in [5, 5.41) is 0. The molecule has 0 amide bonds. The first-order chi connectivity index (χ1) is 15.5. The van der Waals surface area contributed by atoms with Crippen molar-refractivity contribution in [3.05, 3.63) is 89.0 Å². The van der Waals surface area contributed by atoms with Crippen LogP contribution in [0.15, 0.2) is 66.7 Å². The Labute approximate surface area is 187 Å². The van der Waals surface area contributed by atoms with E-state index in [1.165, 1.54) is 0 Å². The molecule has 0 saturated heterocycles. The van der Waals surface area contributed by atoms with Crippen LogP contribution in [-0.4, -0.2) is 32.3 Å². The van der Waals surface area contributed by atoms with Crippen LogP contribution in [0.5, 0.6) is 17.2 Å². The molecule has 0 heterocycles. The smallest absolute Gasteiger partial charge is 0.343 e. The maximum atomic E-state index is 12.4. The third kappa shape index (κ3) is 6.43. The van der Waals surface area contributed by atoms with Crippen molar-refractivity contribution in [3.8, 4) is 17.2 Å². The second-order valence-corrected chi connectivity index (χ2v) is 7.29. The molecule has 3 aromatic carbocycles. The highest BCUT2D eigenvalue weighted by atomic mass is 16.5. The van der Waals surface area contributed by atoms with Crippen molar-refractivity contribution in [1.82, 2.24) is 0 Å². The normalized spacial score (nSPS) is 10.5. The molecule has 166 valence electrons. The van der Waals surface area contributed by atoms with Crippen LogP contribution in [0, 0.1) is 13.8 Å². The van der Waals surface area contributed by atoms with Gasteiger partial charge in [0.1, 0.15) is 17.2 Å². The molecule has 0 radical (unpaired) electrons. The van der Waals surface area contributed by atoms with Gasteiger partial charge in [0.15, 0.2) is 0 Å². The maximum absolute atomic E-state index is 12.4. The number of ether oxygens (including phenoxy) is 4. The SMILES string of the molecule is COCCCOc1ccc(C(=O)Oc2ccc(C(=O)Oc3ccc(C)cc3C)cc2)cc1. The molecule has 0 fully saturated rings. The molecule has 32 heavy (non-hydrogen) atoms. The van der Waals surface area contributed by atoms with Gasteiger partial charge in [-0.05, 0) is 74.0 Å². The minimum Gasteiger partial charge on any atom is -0.494 e. The van der Waals surface area contributed by atoms with E-state index in [2.05, 4.69) is 0 Å². The summed E-state index contributed by atoms with van der Waals surface area (Å²) in [6, 6.07) is 18.6. The van der Waals surface area contributed by atoms with Crippen molar-refractivity contribution in [2.75, 3.05) is 20.3 Å². The van der Waals surface area contributed by atoms with Gasteiger partial charge in [-0.25, -0.2) is 9.59 Å². The first kappa shape index (κ1) is 23.0. The molecule has 0 N–H and O–H groups in total. The molecule has 3 rings (SSSR count). The molecule has 0 spiro atoms. The zero-order valence-electron chi connectivity index (χ0n) is 18.4. The summed E-state index contributed by atoms with van der Waals surface area (Å²) in [6.07, 6.45) is 0.786. The van der Waals surface area contributed by atoms with E-state index in [9.17, 15) is 9.59 Å². The van der Waals surface area contributed by atoms with Crippen LogP contribution in [0.3, 0.4) is 0 Å². The van der Waals surface area contributed by atoms with Gasteiger partial charge < -0.3 is 18.9 Å². The van der Waals surface area contributed by atoms with Crippen molar-refractivity contribution in [2.45, 2.75) is 20.3 Å². The Kier molecular flexibility index (Phi) is 8.00. The second kappa shape index (κ2) is 11.1. The molecule has 0 saturated carbocycles. The fourth-order valence-corrected chi connectivity index (χ4v) is 2.98. The Hall–Kier alpha value is -3.64. The van der Waals surface area contributed by atoms with Crippen molar-refractivity contribution < 1.29 is 28.5 Å². The Morgan fingerprint density at radius 2 is 1.31 bits per heavy atom. The van der Waals surface area contributed by atoms with Gasteiger partial charge in [0, 0.05) is 20.1 Å². The Balaban J connectivity index is 1.55. The lowest BCUT2D eigenvalue weighted by molar-refractivity contribution is 0.0729. The van der Waals surface area contributed by atoms with Gasteiger partial charge in [0.05, 0.1) is 17.7 Å². The highest BCUT2D eigenvalue weighted by molar-refractivity contribution is 5.92. The number of aryl methyl sites for hydroxylation is 2. The molecule has 0 unspecified atom stereocenters. The maximum Gasteiger partial charge on any atom is 0.343 e. The first-order valence-corrected chi connectivity index (χ1v) is 10.3. The number of hydrogen-bond donors (Lipinski definition) is 0. The Morgan fingerprint density at radius 3 is 1.91 bits per heavy atom. The molecule has 0 aliphatic heterocycles. The number of carbonyl (C=O) groups is 2. The van der Waals surface area contributed by atoms with E-state index >= 15 is 0 Å². The summed E-state index contributed by atoms with van der Waals surface area (Å²) < 4.78 is 21.4. The zero-order chi connectivity index (χ0) is 22.9. The third-order valence-electron chi connectivity index (χ3n) is 4.69. The number of carbonyl (C=O) groups excluding carboxylic acids is 2. The van der Waals surface area contributed by atoms with Crippen molar-refractivity contribution in [1.29, 1.82) is 0 Å². The molecular weight excluding hydrogens is 408 g/mol. The van der Waals surface area contributed by atoms with Gasteiger partial charge in [-0.15, -0.1) is 0 Å². The van der Waals surface area contributed by atoms with Gasteiger partial charge in [0.25, 0.3) is 0 Å². The minimum atomic E-state index is -0.499. The minimum absolute atomic E-state index is 0.331. The lowest BCUT2D eigenvalue weighted by atomic mass is 10.1. The van der Waals surface area contributed by atoms with Crippen molar-refractivity contribution in [2.24, 2.45) is 0 Å². The Morgan fingerprint density at radius 1 is 0.719 bits per heavy atom. The molecule has 6 heteroatoms. The fraction of sp³-hybridized carbons (Fsp3) is 0.231. The summed E-state index contributed by atoms with van der Waals surface area (Å²) >= 11 is 0. The zero-order valence-corrected chi connectivity index (χ0v) is 18.4. The number of rotatable bonds is 9. The van der Waals surface area contributed by atoms with Gasteiger partial charge in [-0.3, -0.25) is 0 Å². The molecule has 0 atom stereocenters. The number of methoxy groups -OCH3 is 1. The van der Waals surface area contributed by atoms with Crippen LogP contribution in [0.4, 0.5) is 0 Å². The monoisotopic (exact) mass is 434 g/mol. The van der Waals surface area contributed by atoms with Crippen LogP contribution in [0.2, 0.25) is 0 Å². The summed E-state index contributed by atoms with van der Waals surface area (Å²) in [6.45, 7) is 5.03. The standard InChI is InChI=1S/C26H26O6/c1-18-5-14-24(19(2)17-18)32-26(28)21-8-12-23(13-9-21)31-25(27)20-6-10-22(11-7-20)30-16-4-15-29-3/h5-14,17H,4,15-16H2,1-3H3. The fourth-order valence-electron chi connectivity index (χ4n) is 2.98. The highest BCUT2D eigenvalue weighted by Crippen LogP contribution is 2.21. The summed E-state index contributed by atoms with van der Waals surface area (Å²) in [5.41, 5.74) is 2.74. The molecule has 0 aliphatic rings. The lowest BCUT2D eigenvalue weighted by Crippen LogP contribution is -2.11. The van der Waals surface area contributed by atoms with E-state index in [-0.39, 0.29) is 0 Å². The van der Waals surface area contributed by atoms with E-state index in [0.29, 0.717) is 41.6 Å². The molecule has 0 bridgehead atoms. The van der Waals surface area contributed by atoms with Gasteiger partial charge in [-0.1, -0.05) is 17.7 Å². The van der Waals surface area contributed by atoms with Gasteiger partial charge in [-0.2, -0.15) is 0 Å². The van der Waals surface area contributed by atoms with Crippen LogP contribution in [0.25, 0.3) is 0 Å². The number of hydrogen-bond acceptors (Lipinski definition) is 6. The van der Waals surface area contributed by atoms with E-state index < -0.39 is 11.9 Å². The summed E-state index contributed by atoms with van der Waals surface area (Å²) in [7, 11) is 1.64. The lowest BCUT2D eigenvalue weighted by Gasteiger charge is -2.09. The number of benzene rings is 3. The quantitative estimate of drug-likeness (QED) is 0.263. The summed E-state index contributed by atoms with van der Waals surface area (Å²) in [4.78, 5) is 24.8. The molecule has 0 aromatic heterocycles. The molecule has 0 aliphatic carbocycles. The topological polar surface area (TPSA) is 71.1 Å². The third-order valence-corrected chi connectivity index (χ3v) is 4.69. The van der Waals surface area contributed by atoms with Crippen LogP contribution < -0.4 is 14.2 Å². The van der Waals surface area contributed by atoms with Crippen LogP contribution in [-0.2, 0) is 4.74 Å². The van der Waals surface area contributed by atoms with Gasteiger partial charge in [0.2, 0.25) is 0 Å². The van der Waals surface area contributed by atoms with E-state index in [1.807, 2.05) is 26.0 Å². The van der Waals surface area contributed by atoms with Crippen LogP contribution >= 0.6 is 0 Å². The average Bonchev–Trinajstić information content (AvgIpc) is 2.79.